The lowest BCUT2D eigenvalue weighted by Gasteiger charge is -1.94. The molecule has 0 spiro atoms. The molecule has 0 bridgehead atoms. The molecule has 2 aromatic heterocycles. The number of rotatable bonds is 1. The second-order valence-electron chi connectivity index (χ2n) is 2.97. The van der Waals surface area contributed by atoms with Crippen LogP contribution < -0.4 is 0 Å². The molecule has 12 heavy (non-hydrogen) atoms. The summed E-state index contributed by atoms with van der Waals surface area (Å²) >= 11 is 0. The van der Waals surface area contributed by atoms with Crippen LogP contribution in [0.1, 0.15) is 5.56 Å². The summed E-state index contributed by atoms with van der Waals surface area (Å²) in [6.45, 7) is 2.08. The Morgan fingerprint density at radius 1 is 1.33 bits per heavy atom. The Hall–Kier alpha value is -1.51. The van der Waals surface area contributed by atoms with Gasteiger partial charge in [0.1, 0.15) is 0 Å². The van der Waals surface area contributed by atoms with E-state index >= 15 is 0 Å². The molecular weight excluding hydrogens is 150 g/mol. The highest BCUT2D eigenvalue weighted by Crippen LogP contribution is 2.07. The topological polar surface area (TPSA) is 22.8 Å². The molecule has 0 N–H and O–H groups in total. The van der Waals surface area contributed by atoms with E-state index in [2.05, 4.69) is 28.9 Å². The zero-order valence-corrected chi connectivity index (χ0v) is 7.23. The number of hydrogen-bond donors (Lipinski definition) is 0. The van der Waals surface area contributed by atoms with Crippen molar-refractivity contribution in [2.45, 2.75) is 6.92 Å². The van der Waals surface area contributed by atoms with Crippen LogP contribution in [-0.4, -0.2) is 14.3 Å². The third-order valence-corrected chi connectivity index (χ3v) is 1.83. The van der Waals surface area contributed by atoms with Crippen LogP contribution in [0.25, 0.3) is 5.69 Å². The zero-order chi connectivity index (χ0) is 8.55. The predicted octanol–water partition coefficient (Wildman–Crippen LogP) is 1.52. The molecule has 62 valence electrons. The first kappa shape index (κ1) is 7.16. The predicted molar refractivity (Wildman–Crippen MR) is 47.3 cm³/mol. The average Bonchev–Trinajstić information content (AvgIpc) is 2.58. The fraction of sp³-hybridized carbons (Fsp3) is 0.222. The van der Waals surface area contributed by atoms with Crippen LogP contribution in [0.4, 0.5) is 0 Å². The molecule has 0 radical (unpaired) electrons. The normalized spacial score (nSPS) is 10.5. The number of nitrogens with zero attached hydrogens (tertiary/aromatic N) is 3. The molecule has 0 fully saturated rings. The van der Waals surface area contributed by atoms with Gasteiger partial charge >= 0.3 is 0 Å². The molecule has 3 heteroatoms. The Balaban J connectivity index is 2.43. The fourth-order valence-corrected chi connectivity index (χ4v) is 1.21. The zero-order valence-electron chi connectivity index (χ0n) is 7.23. The molecule has 2 heterocycles. The molecule has 0 aliphatic heterocycles. The highest BCUT2D eigenvalue weighted by atomic mass is 15.3. The third-order valence-electron chi connectivity index (χ3n) is 1.83. The van der Waals surface area contributed by atoms with Crippen LogP contribution in [0, 0.1) is 6.92 Å². The van der Waals surface area contributed by atoms with Crippen molar-refractivity contribution < 1.29 is 0 Å². The van der Waals surface area contributed by atoms with E-state index in [1.807, 2.05) is 25.6 Å². The van der Waals surface area contributed by atoms with Crippen molar-refractivity contribution >= 4 is 0 Å². The van der Waals surface area contributed by atoms with Crippen molar-refractivity contribution in [3.63, 3.8) is 0 Å². The van der Waals surface area contributed by atoms with Gasteiger partial charge in [-0.05, 0) is 18.6 Å². The highest BCUT2D eigenvalue weighted by molar-refractivity contribution is 5.28. The summed E-state index contributed by atoms with van der Waals surface area (Å²) in [6, 6.07) is 2.08. The minimum atomic E-state index is 1.10. The maximum atomic E-state index is 4.10. The second kappa shape index (κ2) is 2.52. The van der Waals surface area contributed by atoms with Crippen molar-refractivity contribution in [1.29, 1.82) is 0 Å². The van der Waals surface area contributed by atoms with Gasteiger partial charge in [-0.2, -0.15) is 5.10 Å². The van der Waals surface area contributed by atoms with Gasteiger partial charge in [0.25, 0.3) is 0 Å². The van der Waals surface area contributed by atoms with Crippen LogP contribution >= 0.6 is 0 Å². The first-order valence-electron chi connectivity index (χ1n) is 3.89. The summed E-state index contributed by atoms with van der Waals surface area (Å²) in [5.74, 6) is 0. The van der Waals surface area contributed by atoms with E-state index in [-0.39, 0.29) is 0 Å². The first-order chi connectivity index (χ1) is 5.75. The third kappa shape index (κ3) is 1.13. The number of hydrogen-bond acceptors (Lipinski definition) is 1. The molecule has 0 unspecified atom stereocenters. The Labute approximate surface area is 71.2 Å². The minimum absolute atomic E-state index is 1.10. The maximum absolute atomic E-state index is 4.10. The van der Waals surface area contributed by atoms with Crippen molar-refractivity contribution in [2.24, 2.45) is 7.05 Å². The number of aryl methyl sites for hydroxylation is 2. The standard InChI is InChI=1S/C9H11N3/c1-8-3-4-12(6-8)9-5-10-11(2)7-9/h3-7H,1-2H3. The molecule has 3 nitrogen and oxygen atoms in total. The van der Waals surface area contributed by atoms with Gasteiger partial charge in [-0.25, -0.2) is 0 Å². The maximum Gasteiger partial charge on any atom is 0.0833 e. The quantitative estimate of drug-likeness (QED) is 0.621. The molecule has 0 saturated carbocycles. The first-order valence-corrected chi connectivity index (χ1v) is 3.89. The lowest BCUT2D eigenvalue weighted by atomic mass is 10.4. The van der Waals surface area contributed by atoms with Crippen LogP contribution in [0.3, 0.4) is 0 Å². The summed E-state index contributed by atoms with van der Waals surface area (Å²) in [7, 11) is 1.92. The van der Waals surface area contributed by atoms with Gasteiger partial charge < -0.3 is 4.57 Å². The smallest absolute Gasteiger partial charge is 0.0833 e. The van der Waals surface area contributed by atoms with Crippen molar-refractivity contribution in [1.82, 2.24) is 14.3 Å². The molecular formula is C9H11N3. The molecule has 0 aliphatic rings. The monoisotopic (exact) mass is 161 g/mol. The minimum Gasteiger partial charge on any atom is -0.321 e. The molecule has 2 aromatic rings. The Bertz CT molecular complexity index is 346. The Morgan fingerprint density at radius 2 is 2.17 bits per heavy atom. The average molecular weight is 161 g/mol. The van der Waals surface area contributed by atoms with E-state index in [0.717, 1.165) is 5.69 Å². The van der Waals surface area contributed by atoms with Crippen LogP contribution in [0.5, 0.6) is 0 Å². The summed E-state index contributed by atoms with van der Waals surface area (Å²) in [5, 5.41) is 4.10. The van der Waals surface area contributed by atoms with Gasteiger partial charge in [0.15, 0.2) is 0 Å². The lowest BCUT2D eigenvalue weighted by molar-refractivity contribution is 0.767. The van der Waals surface area contributed by atoms with Crippen molar-refractivity contribution in [3.8, 4) is 5.69 Å². The van der Waals surface area contributed by atoms with E-state index in [1.165, 1.54) is 5.56 Å². The summed E-state index contributed by atoms with van der Waals surface area (Å²) in [5.41, 5.74) is 2.37. The second-order valence-corrected chi connectivity index (χ2v) is 2.97. The van der Waals surface area contributed by atoms with Gasteiger partial charge in [-0.15, -0.1) is 0 Å². The van der Waals surface area contributed by atoms with Crippen molar-refractivity contribution in [2.75, 3.05) is 0 Å². The largest absolute Gasteiger partial charge is 0.321 e. The SMILES string of the molecule is Cc1ccn(-c2cnn(C)c2)c1. The van der Waals surface area contributed by atoms with Crippen LogP contribution in [-0.2, 0) is 7.05 Å². The van der Waals surface area contributed by atoms with Crippen LogP contribution in [0.2, 0.25) is 0 Å². The van der Waals surface area contributed by atoms with Gasteiger partial charge in [0.05, 0.1) is 11.9 Å². The van der Waals surface area contributed by atoms with E-state index in [0.29, 0.717) is 0 Å². The van der Waals surface area contributed by atoms with Gasteiger partial charge in [0, 0.05) is 25.6 Å². The molecule has 0 aliphatic carbocycles. The fourth-order valence-electron chi connectivity index (χ4n) is 1.21. The van der Waals surface area contributed by atoms with Gasteiger partial charge in [-0.3, -0.25) is 4.68 Å². The lowest BCUT2D eigenvalue weighted by Crippen LogP contribution is -1.87. The van der Waals surface area contributed by atoms with E-state index in [4.69, 9.17) is 0 Å². The van der Waals surface area contributed by atoms with Gasteiger partial charge in [0.2, 0.25) is 0 Å². The molecule has 0 atom stereocenters. The van der Waals surface area contributed by atoms with E-state index in [9.17, 15) is 0 Å². The molecule has 0 aromatic carbocycles. The molecule has 0 saturated heterocycles. The Kier molecular flexibility index (Phi) is 1.50. The van der Waals surface area contributed by atoms with Gasteiger partial charge in [-0.1, -0.05) is 0 Å². The number of aromatic nitrogens is 3. The summed E-state index contributed by atoms with van der Waals surface area (Å²) in [4.78, 5) is 0. The Morgan fingerprint density at radius 3 is 2.67 bits per heavy atom. The summed E-state index contributed by atoms with van der Waals surface area (Å²) in [6.07, 6.45) is 7.95. The van der Waals surface area contributed by atoms with Crippen LogP contribution in [0.15, 0.2) is 30.9 Å². The summed E-state index contributed by atoms with van der Waals surface area (Å²) < 4.78 is 3.85. The molecule has 2 rings (SSSR count). The highest BCUT2D eigenvalue weighted by Gasteiger charge is 1.97. The van der Waals surface area contributed by atoms with Crippen molar-refractivity contribution in [3.05, 3.63) is 36.4 Å². The van der Waals surface area contributed by atoms with E-state index in [1.54, 1.807) is 4.68 Å². The van der Waals surface area contributed by atoms with E-state index < -0.39 is 0 Å². The molecule has 0 amide bonds.